The van der Waals surface area contributed by atoms with E-state index in [4.69, 9.17) is 22.1 Å². The third-order valence-corrected chi connectivity index (χ3v) is 4.25. The fraction of sp³-hybridized carbons (Fsp3) is 0.286. The number of hydrogen-bond acceptors (Lipinski definition) is 3. The van der Waals surface area contributed by atoms with E-state index in [0.29, 0.717) is 5.02 Å². The van der Waals surface area contributed by atoms with Gasteiger partial charge in [0.2, 0.25) is 0 Å². The van der Waals surface area contributed by atoms with E-state index in [0.717, 1.165) is 17.7 Å². The van der Waals surface area contributed by atoms with E-state index in [1.807, 2.05) is 18.2 Å². The lowest BCUT2D eigenvalue weighted by Crippen LogP contribution is -2.13. The molecule has 2 aromatic rings. The Hall–Kier alpha value is -1.03. The molecular formula is C14H16ClNOS. The Bertz CT molecular complexity index is 538. The van der Waals surface area contributed by atoms with E-state index in [9.17, 15) is 0 Å². The first kappa shape index (κ1) is 13.4. The largest absolute Gasteiger partial charge is 0.496 e. The van der Waals surface area contributed by atoms with Gasteiger partial charge in [0.15, 0.2) is 0 Å². The van der Waals surface area contributed by atoms with Gasteiger partial charge in [-0.2, -0.15) is 0 Å². The molecule has 2 rings (SSSR count). The number of ether oxygens (including phenoxy) is 1. The maximum Gasteiger partial charge on any atom is 0.124 e. The smallest absolute Gasteiger partial charge is 0.124 e. The first-order chi connectivity index (χ1) is 8.67. The molecule has 0 saturated heterocycles. The van der Waals surface area contributed by atoms with Gasteiger partial charge in [0.05, 0.1) is 13.2 Å². The predicted octanol–water partition coefficient (Wildman–Crippen LogP) is 4.02. The SMILES string of the molecule is CCc1ccsc1C(N)c1cc(Cl)ccc1OC. The minimum atomic E-state index is -0.186. The lowest BCUT2D eigenvalue weighted by Gasteiger charge is -2.16. The third-order valence-electron chi connectivity index (χ3n) is 2.97. The molecular weight excluding hydrogens is 266 g/mol. The average molecular weight is 282 g/mol. The van der Waals surface area contributed by atoms with Crippen LogP contribution in [0.25, 0.3) is 0 Å². The van der Waals surface area contributed by atoms with Crippen LogP contribution in [0.4, 0.5) is 0 Å². The van der Waals surface area contributed by atoms with Crippen molar-refractivity contribution in [3.05, 3.63) is 50.7 Å². The summed E-state index contributed by atoms with van der Waals surface area (Å²) in [5.74, 6) is 0.780. The van der Waals surface area contributed by atoms with Crippen molar-refractivity contribution in [2.75, 3.05) is 7.11 Å². The number of hydrogen-bond donors (Lipinski definition) is 1. The quantitative estimate of drug-likeness (QED) is 0.919. The zero-order valence-electron chi connectivity index (χ0n) is 10.4. The average Bonchev–Trinajstić information content (AvgIpc) is 2.86. The number of nitrogens with two attached hydrogens (primary N) is 1. The van der Waals surface area contributed by atoms with Crippen molar-refractivity contribution in [2.45, 2.75) is 19.4 Å². The van der Waals surface area contributed by atoms with Crippen LogP contribution in [0, 0.1) is 0 Å². The van der Waals surface area contributed by atoms with E-state index in [-0.39, 0.29) is 6.04 Å². The Balaban J connectivity index is 2.45. The number of methoxy groups -OCH3 is 1. The summed E-state index contributed by atoms with van der Waals surface area (Å²) in [6.07, 6.45) is 0.982. The van der Waals surface area contributed by atoms with E-state index in [1.54, 1.807) is 18.4 Å². The number of thiophene rings is 1. The summed E-state index contributed by atoms with van der Waals surface area (Å²) in [5, 5.41) is 2.75. The third kappa shape index (κ3) is 2.53. The minimum absolute atomic E-state index is 0.186. The van der Waals surface area contributed by atoms with Gasteiger partial charge >= 0.3 is 0 Å². The molecule has 1 atom stereocenters. The van der Waals surface area contributed by atoms with Gasteiger partial charge in [-0.15, -0.1) is 11.3 Å². The molecule has 1 heterocycles. The topological polar surface area (TPSA) is 35.2 Å². The minimum Gasteiger partial charge on any atom is -0.496 e. The van der Waals surface area contributed by atoms with Crippen molar-refractivity contribution in [1.29, 1.82) is 0 Å². The molecule has 0 aliphatic carbocycles. The first-order valence-electron chi connectivity index (χ1n) is 5.82. The fourth-order valence-corrected chi connectivity index (χ4v) is 3.20. The van der Waals surface area contributed by atoms with Gasteiger partial charge in [0.1, 0.15) is 5.75 Å². The number of aryl methyl sites for hydroxylation is 1. The molecule has 1 unspecified atom stereocenters. The summed E-state index contributed by atoms with van der Waals surface area (Å²) in [4.78, 5) is 1.18. The molecule has 18 heavy (non-hydrogen) atoms. The molecule has 0 bridgehead atoms. The van der Waals surface area contributed by atoms with Crippen LogP contribution in [0.15, 0.2) is 29.6 Å². The molecule has 1 aromatic heterocycles. The summed E-state index contributed by atoms with van der Waals surface area (Å²) in [5.41, 5.74) is 8.57. The van der Waals surface area contributed by atoms with Crippen LogP contribution in [-0.4, -0.2) is 7.11 Å². The highest BCUT2D eigenvalue weighted by Gasteiger charge is 2.18. The molecule has 2 nitrogen and oxygen atoms in total. The molecule has 4 heteroatoms. The lowest BCUT2D eigenvalue weighted by molar-refractivity contribution is 0.408. The van der Waals surface area contributed by atoms with Crippen LogP contribution in [0.1, 0.15) is 29.0 Å². The van der Waals surface area contributed by atoms with E-state index >= 15 is 0 Å². The van der Waals surface area contributed by atoms with Crippen molar-refractivity contribution < 1.29 is 4.74 Å². The van der Waals surface area contributed by atoms with Crippen molar-refractivity contribution in [2.24, 2.45) is 5.73 Å². The van der Waals surface area contributed by atoms with Crippen molar-refractivity contribution in [3.63, 3.8) is 0 Å². The number of benzene rings is 1. The summed E-state index contributed by atoms with van der Waals surface area (Å²) in [6, 6.07) is 7.48. The van der Waals surface area contributed by atoms with Gasteiger partial charge < -0.3 is 10.5 Å². The summed E-state index contributed by atoms with van der Waals surface area (Å²) in [6.45, 7) is 2.13. The van der Waals surface area contributed by atoms with E-state index < -0.39 is 0 Å². The predicted molar refractivity (Wildman–Crippen MR) is 77.7 cm³/mol. The number of rotatable bonds is 4. The molecule has 0 spiro atoms. The van der Waals surface area contributed by atoms with Gasteiger partial charge in [-0.05, 0) is 41.6 Å². The normalized spacial score (nSPS) is 12.4. The highest BCUT2D eigenvalue weighted by atomic mass is 35.5. The standard InChI is InChI=1S/C14H16ClNOS/c1-3-9-6-7-18-14(9)13(16)11-8-10(15)4-5-12(11)17-2/h4-8,13H,3,16H2,1-2H3. The van der Waals surface area contributed by atoms with Crippen molar-refractivity contribution in [1.82, 2.24) is 0 Å². The van der Waals surface area contributed by atoms with Gasteiger partial charge in [-0.3, -0.25) is 0 Å². The summed E-state index contributed by atoms with van der Waals surface area (Å²) < 4.78 is 5.36. The van der Waals surface area contributed by atoms with Crippen LogP contribution in [0.5, 0.6) is 5.75 Å². The molecule has 0 fully saturated rings. The Morgan fingerprint density at radius 2 is 2.17 bits per heavy atom. The Kier molecular flexibility index (Phi) is 4.27. The Labute approximate surface area is 116 Å². The monoisotopic (exact) mass is 281 g/mol. The molecule has 0 radical (unpaired) electrons. The Morgan fingerprint density at radius 3 is 2.83 bits per heavy atom. The molecule has 0 aliphatic heterocycles. The van der Waals surface area contributed by atoms with Crippen LogP contribution in [0.2, 0.25) is 5.02 Å². The maximum atomic E-state index is 6.35. The zero-order valence-corrected chi connectivity index (χ0v) is 12.0. The first-order valence-corrected chi connectivity index (χ1v) is 7.08. The van der Waals surface area contributed by atoms with Crippen molar-refractivity contribution in [3.8, 4) is 5.75 Å². The summed E-state index contributed by atoms with van der Waals surface area (Å²) in [7, 11) is 1.65. The van der Waals surface area contributed by atoms with Crippen LogP contribution in [0.3, 0.4) is 0 Å². The Morgan fingerprint density at radius 1 is 1.39 bits per heavy atom. The van der Waals surface area contributed by atoms with Crippen LogP contribution in [-0.2, 0) is 6.42 Å². The highest BCUT2D eigenvalue weighted by Crippen LogP contribution is 2.34. The van der Waals surface area contributed by atoms with E-state index in [1.165, 1.54) is 10.4 Å². The molecule has 2 N–H and O–H groups in total. The maximum absolute atomic E-state index is 6.35. The molecule has 1 aromatic carbocycles. The van der Waals surface area contributed by atoms with Gasteiger partial charge in [-0.25, -0.2) is 0 Å². The second-order valence-corrected chi connectivity index (χ2v) is 5.41. The highest BCUT2D eigenvalue weighted by molar-refractivity contribution is 7.10. The van der Waals surface area contributed by atoms with E-state index in [2.05, 4.69) is 18.4 Å². The van der Waals surface area contributed by atoms with Crippen LogP contribution >= 0.6 is 22.9 Å². The molecule has 0 aliphatic rings. The fourth-order valence-electron chi connectivity index (χ4n) is 2.00. The van der Waals surface area contributed by atoms with Gasteiger partial charge in [0.25, 0.3) is 0 Å². The van der Waals surface area contributed by atoms with Crippen LogP contribution < -0.4 is 10.5 Å². The second kappa shape index (κ2) is 5.74. The lowest BCUT2D eigenvalue weighted by atomic mass is 10.0. The van der Waals surface area contributed by atoms with Gasteiger partial charge in [0, 0.05) is 15.5 Å². The second-order valence-electron chi connectivity index (χ2n) is 4.03. The van der Waals surface area contributed by atoms with Gasteiger partial charge in [-0.1, -0.05) is 18.5 Å². The molecule has 96 valence electrons. The molecule has 0 amide bonds. The van der Waals surface area contributed by atoms with Crippen molar-refractivity contribution >= 4 is 22.9 Å². The zero-order chi connectivity index (χ0) is 13.1. The number of halogens is 1. The molecule has 0 saturated carbocycles. The summed E-state index contributed by atoms with van der Waals surface area (Å²) >= 11 is 7.72.